The fourth-order valence-corrected chi connectivity index (χ4v) is 4.92. The van der Waals surface area contributed by atoms with E-state index in [-0.39, 0.29) is 17.4 Å². The van der Waals surface area contributed by atoms with Crippen LogP contribution in [0.3, 0.4) is 0 Å². The molecule has 1 heterocycles. The Labute approximate surface area is 155 Å². The number of benzene rings is 2. The van der Waals surface area contributed by atoms with Gasteiger partial charge in [0.1, 0.15) is 0 Å². The Morgan fingerprint density at radius 1 is 1.08 bits per heavy atom. The zero-order valence-corrected chi connectivity index (χ0v) is 16.1. The topological polar surface area (TPSA) is 26.7 Å². The first-order valence-electron chi connectivity index (χ1n) is 8.98. The van der Waals surface area contributed by atoms with Crippen LogP contribution in [0.15, 0.2) is 59.5 Å². The number of aliphatic hydroxyl groups excluding tert-OH is 1. The fourth-order valence-electron chi connectivity index (χ4n) is 3.53. The van der Waals surface area contributed by atoms with Gasteiger partial charge in [-0.3, -0.25) is 0 Å². The van der Waals surface area contributed by atoms with E-state index in [0.717, 1.165) is 19.5 Å². The third-order valence-corrected chi connectivity index (χ3v) is 6.23. The normalized spacial score (nSPS) is 21.2. The van der Waals surface area contributed by atoms with E-state index in [4.69, 9.17) is 0 Å². The molecule has 0 spiro atoms. The molecule has 0 fully saturated rings. The van der Waals surface area contributed by atoms with Crippen molar-refractivity contribution < 1.29 is 5.11 Å². The Morgan fingerprint density at radius 3 is 2.44 bits per heavy atom. The molecule has 1 aliphatic heterocycles. The molecule has 25 heavy (non-hydrogen) atoms. The van der Waals surface area contributed by atoms with Crippen molar-refractivity contribution in [2.45, 2.75) is 35.6 Å². The summed E-state index contributed by atoms with van der Waals surface area (Å²) in [6, 6.07) is 19.4. The standard InChI is InChI=1S/C21H28N2OS/c1-16(24)21-20(17-10-5-4-6-11-17)23(15-9-14-22(2)3)18-12-7-8-13-19(18)25-21/h4-8,10-13,16,20-21,24H,9,14-15H2,1-3H3/t16?,20-,21?/m0/s1. The Morgan fingerprint density at radius 2 is 1.76 bits per heavy atom. The molecule has 0 saturated heterocycles. The highest BCUT2D eigenvalue weighted by Crippen LogP contribution is 2.48. The van der Waals surface area contributed by atoms with Crippen molar-refractivity contribution in [3.8, 4) is 0 Å². The maximum atomic E-state index is 10.5. The minimum absolute atomic E-state index is 0.122. The van der Waals surface area contributed by atoms with Crippen LogP contribution in [-0.2, 0) is 0 Å². The van der Waals surface area contributed by atoms with Crippen molar-refractivity contribution in [3.63, 3.8) is 0 Å². The van der Waals surface area contributed by atoms with Crippen LogP contribution in [0.1, 0.15) is 24.9 Å². The maximum absolute atomic E-state index is 10.5. The molecular formula is C21H28N2OS. The van der Waals surface area contributed by atoms with Crippen molar-refractivity contribution in [1.82, 2.24) is 4.90 Å². The first-order valence-corrected chi connectivity index (χ1v) is 9.86. The summed E-state index contributed by atoms with van der Waals surface area (Å²) < 4.78 is 0. The highest BCUT2D eigenvalue weighted by Gasteiger charge is 2.38. The number of nitrogens with zero attached hydrogens (tertiary/aromatic N) is 2. The van der Waals surface area contributed by atoms with E-state index in [1.807, 2.05) is 18.7 Å². The first-order chi connectivity index (χ1) is 12.1. The van der Waals surface area contributed by atoms with Crippen LogP contribution in [0.5, 0.6) is 0 Å². The second-order valence-corrected chi connectivity index (χ2v) is 8.22. The number of para-hydroxylation sites is 1. The molecule has 0 radical (unpaired) electrons. The lowest BCUT2D eigenvalue weighted by Crippen LogP contribution is -2.43. The van der Waals surface area contributed by atoms with Gasteiger partial charge in [0.15, 0.2) is 0 Å². The number of thioether (sulfide) groups is 1. The van der Waals surface area contributed by atoms with Gasteiger partial charge < -0.3 is 14.9 Å². The average Bonchev–Trinajstić information content (AvgIpc) is 2.61. The monoisotopic (exact) mass is 356 g/mol. The van der Waals surface area contributed by atoms with E-state index < -0.39 is 0 Å². The van der Waals surface area contributed by atoms with E-state index in [0.29, 0.717) is 0 Å². The van der Waals surface area contributed by atoms with Gasteiger partial charge in [0, 0.05) is 11.4 Å². The molecule has 3 nitrogen and oxygen atoms in total. The molecule has 134 valence electrons. The van der Waals surface area contributed by atoms with Crippen LogP contribution in [-0.4, -0.2) is 48.5 Å². The van der Waals surface area contributed by atoms with Gasteiger partial charge >= 0.3 is 0 Å². The number of aliphatic hydroxyl groups is 1. The number of hydrogen-bond donors (Lipinski definition) is 1. The predicted octanol–water partition coefficient (Wildman–Crippen LogP) is 4.04. The summed E-state index contributed by atoms with van der Waals surface area (Å²) in [5.41, 5.74) is 2.57. The van der Waals surface area contributed by atoms with Crippen LogP contribution in [0.25, 0.3) is 0 Å². The SMILES string of the molecule is CC(O)C1Sc2ccccc2N(CCCN(C)C)[C@H]1c1ccccc1. The van der Waals surface area contributed by atoms with Crippen LogP contribution in [0.4, 0.5) is 5.69 Å². The summed E-state index contributed by atoms with van der Waals surface area (Å²) in [7, 11) is 4.24. The molecule has 0 bridgehead atoms. The van der Waals surface area contributed by atoms with Gasteiger partial charge in [-0.05, 0) is 51.7 Å². The predicted molar refractivity (Wildman–Crippen MR) is 107 cm³/mol. The molecule has 1 aliphatic rings. The van der Waals surface area contributed by atoms with Crippen LogP contribution < -0.4 is 4.90 Å². The Bertz CT molecular complexity index is 675. The molecule has 3 atom stereocenters. The van der Waals surface area contributed by atoms with Gasteiger partial charge in [0.25, 0.3) is 0 Å². The van der Waals surface area contributed by atoms with Gasteiger partial charge in [0.2, 0.25) is 0 Å². The van der Waals surface area contributed by atoms with Crippen molar-refractivity contribution in [1.29, 1.82) is 0 Å². The van der Waals surface area contributed by atoms with Gasteiger partial charge in [-0.2, -0.15) is 0 Å². The fraction of sp³-hybridized carbons (Fsp3) is 0.429. The molecule has 0 aromatic heterocycles. The second-order valence-electron chi connectivity index (χ2n) is 7.00. The van der Waals surface area contributed by atoms with Gasteiger partial charge in [-0.25, -0.2) is 0 Å². The zero-order chi connectivity index (χ0) is 17.8. The number of hydrogen-bond acceptors (Lipinski definition) is 4. The molecular weight excluding hydrogens is 328 g/mol. The molecule has 2 aromatic carbocycles. The molecule has 1 N–H and O–H groups in total. The summed E-state index contributed by atoms with van der Waals surface area (Å²) in [6.07, 6.45) is 0.724. The van der Waals surface area contributed by atoms with Gasteiger partial charge in [-0.15, -0.1) is 11.8 Å². The van der Waals surface area contributed by atoms with Crippen molar-refractivity contribution >= 4 is 17.4 Å². The largest absolute Gasteiger partial charge is 0.392 e. The van der Waals surface area contributed by atoms with E-state index in [2.05, 4.69) is 78.5 Å². The van der Waals surface area contributed by atoms with Crippen LogP contribution >= 0.6 is 11.8 Å². The molecule has 2 aromatic rings. The quantitative estimate of drug-likeness (QED) is 0.845. The Hall–Kier alpha value is -1.49. The number of rotatable bonds is 6. The second kappa shape index (κ2) is 8.26. The van der Waals surface area contributed by atoms with Crippen molar-refractivity contribution in [3.05, 3.63) is 60.2 Å². The smallest absolute Gasteiger partial charge is 0.0690 e. The van der Waals surface area contributed by atoms with Crippen LogP contribution in [0.2, 0.25) is 0 Å². The summed E-state index contributed by atoms with van der Waals surface area (Å²) in [4.78, 5) is 6.00. The summed E-state index contributed by atoms with van der Waals surface area (Å²) >= 11 is 1.81. The van der Waals surface area contributed by atoms with Crippen molar-refractivity contribution in [2.24, 2.45) is 0 Å². The number of anilines is 1. The Kier molecular flexibility index (Phi) is 6.05. The lowest BCUT2D eigenvalue weighted by molar-refractivity contribution is 0.178. The third kappa shape index (κ3) is 4.20. The summed E-state index contributed by atoms with van der Waals surface area (Å²) in [6.45, 7) is 3.96. The van der Waals surface area contributed by atoms with E-state index in [1.165, 1.54) is 16.1 Å². The molecule has 4 heteroatoms. The highest BCUT2D eigenvalue weighted by atomic mass is 32.2. The van der Waals surface area contributed by atoms with Gasteiger partial charge in [-0.1, -0.05) is 42.5 Å². The summed E-state index contributed by atoms with van der Waals surface area (Å²) in [5, 5.41) is 10.6. The molecule has 0 saturated carbocycles. The first kappa shape index (κ1) is 18.3. The number of fused-ring (bicyclic) bond motifs is 1. The van der Waals surface area contributed by atoms with Gasteiger partial charge in [0.05, 0.1) is 23.1 Å². The maximum Gasteiger partial charge on any atom is 0.0690 e. The highest BCUT2D eigenvalue weighted by molar-refractivity contribution is 8.00. The molecule has 2 unspecified atom stereocenters. The van der Waals surface area contributed by atoms with E-state index in [9.17, 15) is 5.11 Å². The Balaban J connectivity index is 1.99. The summed E-state index contributed by atoms with van der Waals surface area (Å²) in [5.74, 6) is 0. The third-order valence-electron chi connectivity index (χ3n) is 4.71. The van der Waals surface area contributed by atoms with E-state index in [1.54, 1.807) is 0 Å². The zero-order valence-electron chi connectivity index (χ0n) is 15.3. The van der Waals surface area contributed by atoms with Crippen LogP contribution in [0, 0.1) is 0 Å². The average molecular weight is 357 g/mol. The lowest BCUT2D eigenvalue weighted by atomic mass is 9.97. The van der Waals surface area contributed by atoms with Crippen molar-refractivity contribution in [2.75, 3.05) is 32.1 Å². The minimum Gasteiger partial charge on any atom is -0.392 e. The molecule has 0 aliphatic carbocycles. The minimum atomic E-state index is -0.375. The van der Waals surface area contributed by atoms with E-state index >= 15 is 0 Å². The molecule has 0 amide bonds. The molecule has 3 rings (SSSR count). The lowest BCUT2D eigenvalue weighted by Gasteiger charge is -2.45.